The molecule has 1 aromatic heterocycles. The van der Waals surface area contributed by atoms with E-state index in [0.717, 1.165) is 24.4 Å². The largest absolute Gasteiger partial charge is 0.466 e. The summed E-state index contributed by atoms with van der Waals surface area (Å²) in [4.78, 5) is 0. The van der Waals surface area contributed by atoms with Crippen molar-refractivity contribution in [3.63, 3.8) is 0 Å². The summed E-state index contributed by atoms with van der Waals surface area (Å²) in [7, 11) is 0. The quantitative estimate of drug-likeness (QED) is 0.875. The lowest BCUT2D eigenvalue weighted by Crippen LogP contribution is -2.01. The Hall–Kier alpha value is -1.54. The van der Waals surface area contributed by atoms with Crippen molar-refractivity contribution in [1.29, 1.82) is 0 Å². The van der Waals surface area contributed by atoms with Crippen molar-refractivity contribution in [1.82, 2.24) is 0 Å². The third kappa shape index (κ3) is 2.98. The molecule has 0 aliphatic rings. The van der Waals surface area contributed by atoms with E-state index in [4.69, 9.17) is 10.2 Å². The number of rotatable bonds is 4. The highest BCUT2D eigenvalue weighted by Gasteiger charge is 2.05. The number of aryl methyl sites for hydroxylation is 2. The molecule has 0 aliphatic heterocycles. The third-order valence-corrected chi connectivity index (χ3v) is 2.98. The van der Waals surface area contributed by atoms with E-state index in [1.807, 2.05) is 12.1 Å². The summed E-state index contributed by atoms with van der Waals surface area (Å²) in [5, 5.41) is 0. The number of hydrogen-bond donors (Lipinski definition) is 1. The van der Waals surface area contributed by atoms with E-state index in [0.29, 0.717) is 6.54 Å². The summed E-state index contributed by atoms with van der Waals surface area (Å²) in [6, 6.07) is 10.6. The normalized spacial score (nSPS) is 10.8. The summed E-state index contributed by atoms with van der Waals surface area (Å²) < 4.78 is 5.74. The van der Waals surface area contributed by atoms with Crippen LogP contribution in [0.4, 0.5) is 0 Å². The van der Waals surface area contributed by atoms with E-state index in [9.17, 15) is 0 Å². The van der Waals surface area contributed by atoms with Crippen LogP contribution in [0.1, 0.15) is 28.2 Å². The lowest BCUT2D eigenvalue weighted by molar-refractivity contribution is 0.474. The molecule has 1 heterocycles. The molecule has 0 atom stereocenters. The van der Waals surface area contributed by atoms with E-state index in [1.165, 1.54) is 16.7 Å². The van der Waals surface area contributed by atoms with Gasteiger partial charge in [0.2, 0.25) is 0 Å². The number of benzene rings is 1. The zero-order chi connectivity index (χ0) is 12.3. The van der Waals surface area contributed by atoms with Crippen molar-refractivity contribution in [3.8, 4) is 0 Å². The highest BCUT2D eigenvalue weighted by atomic mass is 16.3. The predicted molar refractivity (Wildman–Crippen MR) is 70.2 cm³/mol. The molecule has 0 bridgehead atoms. The monoisotopic (exact) mass is 229 g/mol. The van der Waals surface area contributed by atoms with Crippen LogP contribution in [0.25, 0.3) is 0 Å². The Morgan fingerprint density at radius 3 is 2.59 bits per heavy atom. The fourth-order valence-electron chi connectivity index (χ4n) is 1.97. The summed E-state index contributed by atoms with van der Waals surface area (Å²) in [5.41, 5.74) is 9.44. The van der Waals surface area contributed by atoms with Gasteiger partial charge in [-0.05, 0) is 43.7 Å². The maximum atomic E-state index is 5.74. The minimum atomic E-state index is 0.635. The van der Waals surface area contributed by atoms with Gasteiger partial charge < -0.3 is 10.2 Å². The number of furan rings is 1. The molecule has 2 aromatic rings. The second kappa shape index (κ2) is 5.19. The van der Waals surface area contributed by atoms with Crippen LogP contribution in [0.2, 0.25) is 0 Å². The number of nitrogens with two attached hydrogens (primary N) is 1. The van der Waals surface area contributed by atoms with Gasteiger partial charge in [-0.3, -0.25) is 0 Å². The first-order chi connectivity index (χ1) is 8.19. The predicted octanol–water partition coefficient (Wildman–Crippen LogP) is 2.99. The maximum absolute atomic E-state index is 5.74. The fraction of sp³-hybridized carbons (Fsp3) is 0.333. The highest BCUT2D eigenvalue weighted by Crippen LogP contribution is 2.17. The van der Waals surface area contributed by atoms with Crippen molar-refractivity contribution < 1.29 is 4.42 Å². The Labute approximate surface area is 102 Å². The molecule has 0 saturated carbocycles. The summed E-state index contributed by atoms with van der Waals surface area (Å²) in [5.74, 6) is 2.00. The Morgan fingerprint density at radius 1 is 1.06 bits per heavy atom. The molecule has 0 aliphatic carbocycles. The Morgan fingerprint density at radius 2 is 1.82 bits per heavy atom. The van der Waals surface area contributed by atoms with E-state index in [-0.39, 0.29) is 0 Å². The molecule has 0 spiro atoms. The minimum Gasteiger partial charge on any atom is -0.466 e. The van der Waals surface area contributed by atoms with Gasteiger partial charge in [0.15, 0.2) is 0 Å². The zero-order valence-electron chi connectivity index (χ0n) is 10.5. The van der Waals surface area contributed by atoms with Gasteiger partial charge in [-0.2, -0.15) is 0 Å². The Balaban J connectivity index is 2.16. The average molecular weight is 229 g/mol. The molecule has 0 radical (unpaired) electrons. The van der Waals surface area contributed by atoms with E-state index >= 15 is 0 Å². The van der Waals surface area contributed by atoms with Gasteiger partial charge >= 0.3 is 0 Å². The van der Waals surface area contributed by atoms with Gasteiger partial charge in [-0.15, -0.1) is 0 Å². The Kier molecular flexibility index (Phi) is 3.64. The first-order valence-electron chi connectivity index (χ1n) is 6.03. The van der Waals surface area contributed by atoms with Crippen LogP contribution in [-0.2, 0) is 12.8 Å². The van der Waals surface area contributed by atoms with E-state index in [1.54, 1.807) is 0 Å². The van der Waals surface area contributed by atoms with Crippen LogP contribution in [-0.4, -0.2) is 6.54 Å². The average Bonchev–Trinajstić information content (AvgIpc) is 2.72. The first kappa shape index (κ1) is 11.9. The topological polar surface area (TPSA) is 39.2 Å². The molecule has 2 nitrogen and oxygen atoms in total. The molecular formula is C15H19NO. The lowest BCUT2D eigenvalue weighted by atomic mass is 10.0. The second-order valence-electron chi connectivity index (χ2n) is 4.51. The van der Waals surface area contributed by atoms with Crippen molar-refractivity contribution in [2.45, 2.75) is 26.7 Å². The highest BCUT2D eigenvalue weighted by molar-refractivity contribution is 5.33. The summed E-state index contributed by atoms with van der Waals surface area (Å²) in [6.07, 6.45) is 1.67. The van der Waals surface area contributed by atoms with Gasteiger partial charge in [0.05, 0.1) is 0 Å². The molecular weight excluding hydrogens is 210 g/mol. The van der Waals surface area contributed by atoms with E-state index in [2.05, 4.69) is 32.0 Å². The molecule has 2 N–H and O–H groups in total. The third-order valence-electron chi connectivity index (χ3n) is 2.98. The van der Waals surface area contributed by atoms with E-state index < -0.39 is 0 Å². The number of hydrogen-bond acceptors (Lipinski definition) is 2. The van der Waals surface area contributed by atoms with Gasteiger partial charge in [0.1, 0.15) is 11.5 Å². The molecule has 0 unspecified atom stereocenters. The van der Waals surface area contributed by atoms with Gasteiger partial charge in [0.25, 0.3) is 0 Å². The molecule has 0 fully saturated rings. The van der Waals surface area contributed by atoms with Crippen LogP contribution in [0.15, 0.2) is 34.7 Å². The van der Waals surface area contributed by atoms with Crippen molar-refractivity contribution in [2.24, 2.45) is 5.73 Å². The van der Waals surface area contributed by atoms with Crippen LogP contribution in [0, 0.1) is 13.8 Å². The standard InChI is InChI=1S/C15H19NO/c1-11-3-4-12(2)13(9-11)10-15-6-5-14(17-15)7-8-16/h3-6,9H,7-8,10,16H2,1-2H3. The van der Waals surface area contributed by atoms with Gasteiger partial charge in [-0.25, -0.2) is 0 Å². The summed E-state index contributed by atoms with van der Waals surface area (Å²) in [6.45, 7) is 4.89. The fourth-order valence-corrected chi connectivity index (χ4v) is 1.97. The molecule has 17 heavy (non-hydrogen) atoms. The van der Waals surface area contributed by atoms with Crippen LogP contribution < -0.4 is 5.73 Å². The van der Waals surface area contributed by atoms with Crippen LogP contribution in [0.5, 0.6) is 0 Å². The van der Waals surface area contributed by atoms with Crippen molar-refractivity contribution >= 4 is 0 Å². The molecule has 90 valence electrons. The molecule has 1 aromatic carbocycles. The van der Waals surface area contributed by atoms with Gasteiger partial charge in [0, 0.05) is 12.8 Å². The van der Waals surface area contributed by atoms with Crippen molar-refractivity contribution in [3.05, 3.63) is 58.5 Å². The van der Waals surface area contributed by atoms with Crippen molar-refractivity contribution in [2.75, 3.05) is 6.54 Å². The molecule has 2 rings (SSSR count). The minimum absolute atomic E-state index is 0.635. The maximum Gasteiger partial charge on any atom is 0.108 e. The first-order valence-corrected chi connectivity index (χ1v) is 6.03. The Bertz CT molecular complexity index is 499. The SMILES string of the molecule is Cc1ccc(C)c(Cc2ccc(CCN)o2)c1. The molecule has 0 saturated heterocycles. The van der Waals surface area contributed by atoms with Crippen LogP contribution in [0.3, 0.4) is 0 Å². The lowest BCUT2D eigenvalue weighted by Gasteiger charge is -2.05. The second-order valence-corrected chi connectivity index (χ2v) is 4.51. The molecule has 0 amide bonds. The smallest absolute Gasteiger partial charge is 0.108 e. The summed E-state index contributed by atoms with van der Waals surface area (Å²) >= 11 is 0. The van der Waals surface area contributed by atoms with Gasteiger partial charge in [-0.1, -0.05) is 23.8 Å². The molecule has 2 heteroatoms. The van der Waals surface area contributed by atoms with Crippen LogP contribution >= 0.6 is 0 Å². The zero-order valence-corrected chi connectivity index (χ0v) is 10.5.